The van der Waals surface area contributed by atoms with Crippen LogP contribution in [-0.2, 0) is 4.79 Å². The van der Waals surface area contributed by atoms with Gasteiger partial charge >= 0.3 is 0 Å². The summed E-state index contributed by atoms with van der Waals surface area (Å²) in [5, 5.41) is 15.6. The van der Waals surface area contributed by atoms with Crippen LogP contribution in [0, 0.1) is 29.1 Å². The Labute approximate surface area is 133 Å². The maximum absolute atomic E-state index is 12.0. The molecule has 0 aliphatic heterocycles. The van der Waals surface area contributed by atoms with E-state index < -0.39 is 0 Å². The molecule has 0 radical (unpaired) electrons. The molecule has 4 aliphatic carbocycles. The van der Waals surface area contributed by atoms with Gasteiger partial charge in [-0.1, -0.05) is 13.3 Å². The summed E-state index contributed by atoms with van der Waals surface area (Å²) in [6, 6.07) is 2.05. The van der Waals surface area contributed by atoms with E-state index in [-0.39, 0.29) is 17.0 Å². The topological polar surface area (TPSA) is 64.9 Å². The molecule has 4 rings (SSSR count). The Bertz CT molecular complexity index is 468. The summed E-state index contributed by atoms with van der Waals surface area (Å²) in [6.07, 6.45) is 11.5. The van der Waals surface area contributed by atoms with Crippen LogP contribution in [0.2, 0.25) is 0 Å². The number of unbranched alkanes of at least 4 members (excludes halogenated alkanes) is 1. The molecule has 4 nitrogen and oxygen atoms in total. The molecule has 1 amide bonds. The smallest absolute Gasteiger partial charge is 0.263 e. The van der Waals surface area contributed by atoms with E-state index in [4.69, 9.17) is 0 Å². The van der Waals surface area contributed by atoms with Crippen molar-refractivity contribution < 1.29 is 4.79 Å². The predicted octanol–water partition coefficient (Wildman–Crippen LogP) is 2.87. The van der Waals surface area contributed by atoms with Gasteiger partial charge in [-0.15, -0.1) is 0 Å². The fraction of sp³-hybridized carbons (Fsp3) is 0.778. The van der Waals surface area contributed by atoms with E-state index in [9.17, 15) is 10.1 Å². The van der Waals surface area contributed by atoms with Gasteiger partial charge in [-0.3, -0.25) is 4.79 Å². The first kappa shape index (κ1) is 15.4. The van der Waals surface area contributed by atoms with Gasteiger partial charge in [0, 0.05) is 18.3 Å². The molecule has 4 fully saturated rings. The lowest BCUT2D eigenvalue weighted by atomic mass is 9.53. The minimum atomic E-state index is -0.242. The monoisotopic (exact) mass is 301 g/mol. The average Bonchev–Trinajstić information content (AvgIpc) is 2.46. The minimum absolute atomic E-state index is 0.153. The lowest BCUT2D eigenvalue weighted by Crippen LogP contribution is -2.57. The lowest BCUT2D eigenvalue weighted by Gasteiger charge is -2.56. The normalized spacial score (nSPS) is 36.0. The van der Waals surface area contributed by atoms with E-state index in [1.165, 1.54) is 38.5 Å². The molecule has 0 atom stereocenters. The third kappa shape index (κ3) is 3.14. The number of rotatable bonds is 6. The highest BCUT2D eigenvalue weighted by atomic mass is 16.1. The summed E-state index contributed by atoms with van der Waals surface area (Å²) < 4.78 is 0. The lowest BCUT2D eigenvalue weighted by molar-refractivity contribution is -0.117. The molecule has 4 saturated carbocycles. The van der Waals surface area contributed by atoms with E-state index in [0.29, 0.717) is 6.54 Å². The molecule has 0 aromatic heterocycles. The van der Waals surface area contributed by atoms with Gasteiger partial charge in [0.15, 0.2) is 0 Å². The van der Waals surface area contributed by atoms with E-state index in [1.54, 1.807) is 6.20 Å². The van der Waals surface area contributed by atoms with E-state index in [2.05, 4.69) is 17.6 Å². The van der Waals surface area contributed by atoms with Crippen molar-refractivity contribution in [2.45, 2.75) is 63.8 Å². The highest BCUT2D eigenvalue weighted by Gasteiger charge is 2.50. The molecule has 22 heavy (non-hydrogen) atoms. The fourth-order valence-corrected chi connectivity index (χ4v) is 5.14. The number of hydrogen-bond acceptors (Lipinski definition) is 3. The average molecular weight is 301 g/mol. The number of hydrogen-bond donors (Lipinski definition) is 2. The van der Waals surface area contributed by atoms with Crippen LogP contribution >= 0.6 is 0 Å². The second kappa shape index (κ2) is 6.32. The van der Waals surface area contributed by atoms with Crippen molar-refractivity contribution in [1.82, 2.24) is 10.6 Å². The molecule has 2 N–H and O–H groups in total. The van der Waals surface area contributed by atoms with Crippen LogP contribution in [0.3, 0.4) is 0 Å². The zero-order valence-corrected chi connectivity index (χ0v) is 13.5. The molecule has 0 aromatic rings. The number of carbonyl (C=O) groups is 1. The fourth-order valence-electron chi connectivity index (χ4n) is 5.14. The minimum Gasteiger partial charge on any atom is -0.384 e. The van der Waals surface area contributed by atoms with Crippen LogP contribution in [0.4, 0.5) is 0 Å². The van der Waals surface area contributed by atoms with E-state index >= 15 is 0 Å². The van der Waals surface area contributed by atoms with Crippen molar-refractivity contribution in [3.63, 3.8) is 0 Å². The second-order valence-electron chi connectivity index (χ2n) is 7.62. The number of nitrogens with zero attached hydrogens (tertiary/aromatic N) is 1. The summed E-state index contributed by atoms with van der Waals surface area (Å²) in [7, 11) is 0. The van der Waals surface area contributed by atoms with Crippen molar-refractivity contribution in [2.75, 3.05) is 6.54 Å². The molecule has 0 aromatic carbocycles. The Kier molecular flexibility index (Phi) is 4.42. The Morgan fingerprint density at radius 3 is 2.32 bits per heavy atom. The van der Waals surface area contributed by atoms with Gasteiger partial charge in [0.05, 0.1) is 0 Å². The SMILES string of the molecule is CCCCNC(=O)/C(C#N)=C\NC12CC3CC(CC(C3)C1)C2. The summed E-state index contributed by atoms with van der Waals surface area (Å²) in [6.45, 7) is 2.73. The van der Waals surface area contributed by atoms with E-state index in [0.717, 1.165) is 30.6 Å². The Morgan fingerprint density at radius 1 is 1.23 bits per heavy atom. The summed E-state index contributed by atoms with van der Waals surface area (Å²) in [5.41, 5.74) is 0.368. The highest BCUT2D eigenvalue weighted by molar-refractivity contribution is 5.97. The van der Waals surface area contributed by atoms with E-state index in [1.807, 2.05) is 6.07 Å². The van der Waals surface area contributed by atoms with Gasteiger partial charge in [0.2, 0.25) is 0 Å². The van der Waals surface area contributed by atoms with Gasteiger partial charge in [0.1, 0.15) is 11.6 Å². The van der Waals surface area contributed by atoms with Gasteiger partial charge in [0.25, 0.3) is 5.91 Å². The van der Waals surface area contributed by atoms with Crippen LogP contribution < -0.4 is 10.6 Å². The predicted molar refractivity (Wildman–Crippen MR) is 85.7 cm³/mol. The zero-order chi connectivity index (χ0) is 15.6. The molecular formula is C18H27N3O. The number of carbonyl (C=O) groups excluding carboxylic acids is 1. The van der Waals surface area contributed by atoms with Gasteiger partial charge < -0.3 is 10.6 Å². The van der Waals surface area contributed by atoms with Crippen molar-refractivity contribution in [3.05, 3.63) is 11.8 Å². The second-order valence-corrected chi connectivity index (χ2v) is 7.62. The molecule has 0 spiro atoms. The summed E-state index contributed by atoms with van der Waals surface area (Å²) in [5.74, 6) is 2.33. The third-order valence-electron chi connectivity index (χ3n) is 5.74. The van der Waals surface area contributed by atoms with Crippen LogP contribution in [-0.4, -0.2) is 18.0 Å². The van der Waals surface area contributed by atoms with Gasteiger partial charge in [-0.2, -0.15) is 5.26 Å². The standard InChI is InChI=1S/C18H27N3O/c1-2-3-4-20-17(22)16(11-19)12-21-18-8-13-5-14(9-18)7-15(6-13)10-18/h12-15,21H,2-10H2,1H3,(H,20,22)/b16-12-. The Morgan fingerprint density at radius 2 is 1.82 bits per heavy atom. The number of nitrogens with one attached hydrogen (secondary N) is 2. The largest absolute Gasteiger partial charge is 0.384 e. The molecule has 4 aliphatic rings. The number of amides is 1. The molecule has 4 heteroatoms. The Hall–Kier alpha value is -1.50. The molecule has 0 saturated heterocycles. The van der Waals surface area contributed by atoms with Crippen LogP contribution in [0.15, 0.2) is 11.8 Å². The van der Waals surface area contributed by atoms with Gasteiger partial charge in [-0.25, -0.2) is 0 Å². The Balaban J connectivity index is 1.62. The van der Waals surface area contributed by atoms with Crippen LogP contribution in [0.5, 0.6) is 0 Å². The first-order valence-electron chi connectivity index (χ1n) is 8.80. The first-order chi connectivity index (χ1) is 10.6. The molecule has 0 heterocycles. The maximum atomic E-state index is 12.0. The maximum Gasteiger partial charge on any atom is 0.263 e. The van der Waals surface area contributed by atoms with Crippen LogP contribution in [0.25, 0.3) is 0 Å². The molecule has 0 unspecified atom stereocenters. The van der Waals surface area contributed by atoms with Crippen molar-refractivity contribution in [1.29, 1.82) is 5.26 Å². The molecule has 4 bridgehead atoms. The molecule has 120 valence electrons. The highest BCUT2D eigenvalue weighted by Crippen LogP contribution is 2.55. The van der Waals surface area contributed by atoms with Crippen molar-refractivity contribution in [3.8, 4) is 6.07 Å². The first-order valence-corrected chi connectivity index (χ1v) is 8.80. The number of nitriles is 1. The van der Waals surface area contributed by atoms with Gasteiger partial charge in [-0.05, 0) is 62.7 Å². The summed E-state index contributed by atoms with van der Waals surface area (Å²) >= 11 is 0. The molecular weight excluding hydrogens is 274 g/mol. The van der Waals surface area contributed by atoms with Crippen LogP contribution in [0.1, 0.15) is 58.3 Å². The van der Waals surface area contributed by atoms with Crippen molar-refractivity contribution >= 4 is 5.91 Å². The zero-order valence-electron chi connectivity index (χ0n) is 13.5. The van der Waals surface area contributed by atoms with Crippen molar-refractivity contribution in [2.24, 2.45) is 17.8 Å². The third-order valence-corrected chi connectivity index (χ3v) is 5.74. The summed E-state index contributed by atoms with van der Waals surface area (Å²) in [4.78, 5) is 12.0. The quantitative estimate of drug-likeness (QED) is 0.450.